The molecule has 1 aliphatic rings. The van der Waals surface area contributed by atoms with Crippen LogP contribution in [0.4, 0.5) is 0 Å². The van der Waals surface area contributed by atoms with Crippen molar-refractivity contribution in [2.45, 2.75) is 29.6 Å². The average molecular weight is 309 g/mol. The summed E-state index contributed by atoms with van der Waals surface area (Å²) in [7, 11) is 4.27. The molecule has 1 heterocycles. The van der Waals surface area contributed by atoms with Gasteiger partial charge < -0.3 is 4.90 Å². The summed E-state index contributed by atoms with van der Waals surface area (Å²) in [6.45, 7) is 3.33. The summed E-state index contributed by atoms with van der Waals surface area (Å²) in [6.07, 6.45) is 4.59. The number of aryl methyl sites for hydroxylation is 1. The van der Waals surface area contributed by atoms with Crippen molar-refractivity contribution in [2.24, 2.45) is 0 Å². The molecule has 0 radical (unpaired) electrons. The van der Waals surface area contributed by atoms with E-state index in [4.69, 9.17) is 0 Å². The minimum Gasteiger partial charge on any atom is -0.309 e. The zero-order valence-corrected chi connectivity index (χ0v) is 14.4. The molecule has 2 heteroatoms. The minimum absolute atomic E-state index is 1.08. The molecular formula is C20H23NS. The Morgan fingerprint density at radius 3 is 2.55 bits per heavy atom. The molecule has 1 nitrogen and oxygen atoms in total. The van der Waals surface area contributed by atoms with Crippen molar-refractivity contribution in [1.82, 2.24) is 4.90 Å². The minimum atomic E-state index is 1.08. The quantitative estimate of drug-likeness (QED) is 0.660. The molecule has 0 fully saturated rings. The Hall–Kier alpha value is -1.51. The number of rotatable bonds is 4. The van der Waals surface area contributed by atoms with Crippen LogP contribution in [0.2, 0.25) is 0 Å². The zero-order chi connectivity index (χ0) is 15.5. The molecule has 0 saturated carbocycles. The topological polar surface area (TPSA) is 3.24 Å². The maximum absolute atomic E-state index is 2.43. The van der Waals surface area contributed by atoms with E-state index in [2.05, 4.69) is 74.5 Å². The van der Waals surface area contributed by atoms with Gasteiger partial charge in [0.25, 0.3) is 0 Å². The van der Waals surface area contributed by atoms with Crippen LogP contribution in [0.3, 0.4) is 0 Å². The second-order valence-electron chi connectivity index (χ2n) is 5.95. The zero-order valence-electron chi connectivity index (χ0n) is 13.6. The van der Waals surface area contributed by atoms with Gasteiger partial charge in [-0.3, -0.25) is 0 Å². The summed E-state index contributed by atoms with van der Waals surface area (Å²) in [5, 5.41) is 0. The van der Waals surface area contributed by atoms with Crippen molar-refractivity contribution >= 4 is 17.3 Å². The van der Waals surface area contributed by atoms with Crippen molar-refractivity contribution in [3.8, 4) is 0 Å². The van der Waals surface area contributed by atoms with Crippen LogP contribution >= 0.6 is 11.8 Å². The Morgan fingerprint density at radius 2 is 1.77 bits per heavy atom. The number of benzene rings is 2. The molecule has 0 amide bonds. The van der Waals surface area contributed by atoms with Gasteiger partial charge in [-0.05, 0) is 61.3 Å². The van der Waals surface area contributed by atoms with Gasteiger partial charge in [0.15, 0.2) is 0 Å². The van der Waals surface area contributed by atoms with E-state index < -0.39 is 0 Å². The lowest BCUT2D eigenvalue weighted by molar-refractivity contribution is 0.417. The highest BCUT2D eigenvalue weighted by atomic mass is 32.2. The second kappa shape index (κ2) is 6.72. The Kier molecular flexibility index (Phi) is 4.70. The molecule has 2 aromatic rings. The maximum Gasteiger partial charge on any atom is 0.0203 e. The van der Waals surface area contributed by atoms with Crippen LogP contribution in [0.25, 0.3) is 5.57 Å². The van der Waals surface area contributed by atoms with Gasteiger partial charge in [-0.1, -0.05) is 55.1 Å². The molecule has 3 rings (SSSR count). The van der Waals surface area contributed by atoms with Gasteiger partial charge in [0, 0.05) is 16.3 Å². The smallest absolute Gasteiger partial charge is 0.0203 e. The number of fused-ring (bicyclic) bond motifs is 2. The SMILES string of the molecule is CCc1cccc2c1/C(=C\CCN(C)C)c1ccccc1S2. The van der Waals surface area contributed by atoms with E-state index in [0.29, 0.717) is 0 Å². The first kappa shape index (κ1) is 15.4. The second-order valence-corrected chi connectivity index (χ2v) is 7.04. The van der Waals surface area contributed by atoms with Gasteiger partial charge in [-0.25, -0.2) is 0 Å². The molecule has 0 spiro atoms. The molecule has 22 heavy (non-hydrogen) atoms. The molecule has 0 aromatic heterocycles. The first-order valence-corrected chi connectivity index (χ1v) is 8.76. The highest BCUT2D eigenvalue weighted by molar-refractivity contribution is 7.99. The monoisotopic (exact) mass is 309 g/mol. The van der Waals surface area contributed by atoms with Crippen molar-refractivity contribution in [3.63, 3.8) is 0 Å². The van der Waals surface area contributed by atoms with Crippen molar-refractivity contribution in [3.05, 3.63) is 65.2 Å². The standard InChI is InChI=1S/C20H23NS/c1-4-15-9-7-13-19-20(15)17(11-8-14-21(2)3)16-10-5-6-12-18(16)22-19/h5-7,9-13H,4,8,14H2,1-3H3/b17-11-. The van der Waals surface area contributed by atoms with E-state index in [1.807, 2.05) is 11.8 Å². The summed E-state index contributed by atoms with van der Waals surface area (Å²) in [6, 6.07) is 15.5. The van der Waals surface area contributed by atoms with Crippen LogP contribution in [0.15, 0.2) is 58.3 Å². The molecule has 0 aliphatic carbocycles. The van der Waals surface area contributed by atoms with Gasteiger partial charge in [0.1, 0.15) is 0 Å². The normalized spacial score (nSPS) is 15.0. The molecule has 114 valence electrons. The summed E-state index contributed by atoms with van der Waals surface area (Å²) in [5.74, 6) is 0. The predicted octanol–water partition coefficient (Wildman–Crippen LogP) is 5.10. The average Bonchev–Trinajstić information content (AvgIpc) is 2.53. The van der Waals surface area contributed by atoms with Gasteiger partial charge in [-0.2, -0.15) is 0 Å². The third-order valence-electron chi connectivity index (χ3n) is 4.08. The van der Waals surface area contributed by atoms with Gasteiger partial charge in [-0.15, -0.1) is 0 Å². The third-order valence-corrected chi connectivity index (χ3v) is 5.22. The van der Waals surface area contributed by atoms with Crippen molar-refractivity contribution in [1.29, 1.82) is 0 Å². The van der Waals surface area contributed by atoms with Crippen molar-refractivity contribution < 1.29 is 0 Å². The molecular weight excluding hydrogens is 286 g/mol. The summed E-state index contributed by atoms with van der Waals surface area (Å²) < 4.78 is 0. The van der Waals surface area contributed by atoms with Gasteiger partial charge in [0.2, 0.25) is 0 Å². The fourth-order valence-corrected chi connectivity index (χ4v) is 4.13. The molecule has 0 bridgehead atoms. The van der Waals surface area contributed by atoms with Gasteiger partial charge >= 0.3 is 0 Å². The molecule has 2 aromatic carbocycles. The number of nitrogens with zero attached hydrogens (tertiary/aromatic N) is 1. The van der Waals surface area contributed by atoms with E-state index in [-0.39, 0.29) is 0 Å². The number of hydrogen-bond acceptors (Lipinski definition) is 2. The molecule has 0 saturated heterocycles. The summed E-state index contributed by atoms with van der Waals surface area (Å²) in [4.78, 5) is 5.01. The lowest BCUT2D eigenvalue weighted by Crippen LogP contribution is -2.12. The van der Waals surface area contributed by atoms with E-state index in [1.54, 1.807) is 0 Å². The molecule has 0 N–H and O–H groups in total. The van der Waals surface area contributed by atoms with E-state index in [9.17, 15) is 0 Å². The third kappa shape index (κ3) is 2.99. The Labute approximate surface area is 138 Å². The lowest BCUT2D eigenvalue weighted by Gasteiger charge is -2.24. The predicted molar refractivity (Wildman–Crippen MR) is 96.6 cm³/mol. The highest BCUT2D eigenvalue weighted by Crippen LogP contribution is 2.46. The first-order valence-electron chi connectivity index (χ1n) is 7.95. The van der Waals surface area contributed by atoms with Crippen LogP contribution in [0.1, 0.15) is 30.0 Å². The highest BCUT2D eigenvalue weighted by Gasteiger charge is 2.22. The Morgan fingerprint density at radius 1 is 1.00 bits per heavy atom. The lowest BCUT2D eigenvalue weighted by atomic mass is 9.91. The summed E-state index contributed by atoms with van der Waals surface area (Å²) in [5.41, 5.74) is 5.71. The molecule has 0 unspecified atom stereocenters. The van der Waals surface area contributed by atoms with E-state index in [0.717, 1.165) is 19.4 Å². The maximum atomic E-state index is 2.43. The number of hydrogen-bond donors (Lipinski definition) is 0. The van der Waals surface area contributed by atoms with Crippen LogP contribution in [-0.4, -0.2) is 25.5 Å². The van der Waals surface area contributed by atoms with Crippen molar-refractivity contribution in [2.75, 3.05) is 20.6 Å². The Bertz CT molecular complexity index is 701. The van der Waals surface area contributed by atoms with E-state index >= 15 is 0 Å². The fraction of sp³-hybridized carbons (Fsp3) is 0.300. The van der Waals surface area contributed by atoms with Crippen LogP contribution in [0.5, 0.6) is 0 Å². The van der Waals surface area contributed by atoms with Crippen LogP contribution in [0, 0.1) is 0 Å². The fourth-order valence-electron chi connectivity index (χ4n) is 2.97. The Balaban J connectivity index is 2.11. The van der Waals surface area contributed by atoms with Crippen LogP contribution in [-0.2, 0) is 6.42 Å². The van der Waals surface area contributed by atoms with Crippen LogP contribution < -0.4 is 0 Å². The largest absolute Gasteiger partial charge is 0.309 e. The van der Waals surface area contributed by atoms with E-state index in [1.165, 1.54) is 32.1 Å². The molecule has 0 atom stereocenters. The van der Waals surface area contributed by atoms with Gasteiger partial charge in [0.05, 0.1) is 0 Å². The first-order chi connectivity index (χ1) is 10.7. The summed E-state index contributed by atoms with van der Waals surface area (Å²) >= 11 is 1.90. The molecule has 1 aliphatic heterocycles.